The Kier molecular flexibility index (Phi) is 23.0. The zero-order valence-electron chi connectivity index (χ0n) is 15.0. The van der Waals surface area contributed by atoms with E-state index in [-0.39, 0.29) is 65.2 Å². The van der Waals surface area contributed by atoms with Crippen LogP contribution in [0.1, 0.15) is 71.6 Å². The van der Waals surface area contributed by atoms with Crippen LogP contribution in [0.3, 0.4) is 0 Å². The fraction of sp³-hybridized carbons (Fsp3) is 0.933. The third-order valence-corrected chi connectivity index (χ3v) is 4.06. The number of rotatable bonds is 13. The van der Waals surface area contributed by atoms with Crippen LogP contribution < -0.4 is 59.1 Å². The van der Waals surface area contributed by atoms with Gasteiger partial charge in [-0.1, -0.05) is 64.4 Å². The predicted octanol–water partition coefficient (Wildman–Crippen LogP) is -2.32. The summed E-state index contributed by atoms with van der Waals surface area (Å²) in [6, 6.07) is 0. The normalized spacial score (nSPS) is 13.8. The predicted molar refractivity (Wildman–Crippen MR) is 81.5 cm³/mol. The van der Waals surface area contributed by atoms with Crippen LogP contribution in [-0.2, 0) is 14.9 Å². The second-order valence-corrected chi connectivity index (χ2v) is 7.01. The molecule has 0 aliphatic rings. The molecule has 0 radical (unpaired) electrons. The van der Waals surface area contributed by atoms with Crippen molar-refractivity contribution in [2.24, 2.45) is 0 Å². The second kappa shape index (κ2) is 17.7. The summed E-state index contributed by atoms with van der Waals surface area (Å²) < 4.78 is 37.1. The SMILES string of the molecule is [CH2-]C(CS(=O)(=O)[O-])OC(C)CCCCCCCCCC.[Na+].[Na+]. The van der Waals surface area contributed by atoms with Crippen molar-refractivity contribution in [3.05, 3.63) is 6.92 Å². The Morgan fingerprint density at radius 2 is 1.45 bits per heavy atom. The smallest absolute Gasteiger partial charge is 0.748 e. The summed E-state index contributed by atoms with van der Waals surface area (Å²) in [6.45, 7) is 7.67. The third kappa shape index (κ3) is 21.9. The maximum Gasteiger partial charge on any atom is 1.00 e. The molecule has 0 heterocycles. The van der Waals surface area contributed by atoms with Crippen LogP contribution in [0.5, 0.6) is 0 Å². The molecule has 2 atom stereocenters. The van der Waals surface area contributed by atoms with Crippen LogP contribution in [0.25, 0.3) is 0 Å². The van der Waals surface area contributed by atoms with Crippen LogP contribution in [-0.4, -0.2) is 30.9 Å². The van der Waals surface area contributed by atoms with E-state index in [1.54, 1.807) is 0 Å². The standard InChI is InChI=1S/C15H31O4S.2Na/c1-4-5-6-7-8-9-10-11-12-14(2)19-15(3)13-20(16,17)18;;/h14-15H,3-13H2,1-2H3,(H,16,17,18);;/q-1;2*+1/p-1. The molecular weight excluding hydrogens is 322 g/mol. The Morgan fingerprint density at radius 3 is 1.91 bits per heavy atom. The van der Waals surface area contributed by atoms with E-state index in [9.17, 15) is 13.0 Å². The minimum Gasteiger partial charge on any atom is -0.748 e. The van der Waals surface area contributed by atoms with Gasteiger partial charge in [-0.2, -0.15) is 0 Å². The van der Waals surface area contributed by atoms with Crippen LogP contribution in [0, 0.1) is 6.92 Å². The molecule has 0 amide bonds. The Labute approximate surface area is 181 Å². The van der Waals surface area contributed by atoms with Gasteiger partial charge in [-0.3, -0.25) is 0 Å². The van der Waals surface area contributed by atoms with Gasteiger partial charge in [-0.15, -0.1) is 0 Å². The van der Waals surface area contributed by atoms with E-state index in [1.165, 1.54) is 44.9 Å². The minimum absolute atomic E-state index is 0. The Balaban J connectivity index is -0.00000180. The van der Waals surface area contributed by atoms with Gasteiger partial charge in [-0.25, -0.2) is 8.42 Å². The zero-order chi connectivity index (χ0) is 15.4. The van der Waals surface area contributed by atoms with Crippen molar-refractivity contribution >= 4 is 10.1 Å². The molecule has 4 nitrogen and oxygen atoms in total. The molecule has 0 saturated carbocycles. The maximum atomic E-state index is 10.6. The third-order valence-electron chi connectivity index (χ3n) is 3.28. The molecular formula is C15H30Na2O4S. The summed E-state index contributed by atoms with van der Waals surface area (Å²) in [5.74, 6) is -0.547. The fourth-order valence-corrected chi connectivity index (χ4v) is 2.76. The van der Waals surface area contributed by atoms with Crippen molar-refractivity contribution in [3.63, 3.8) is 0 Å². The Morgan fingerprint density at radius 1 is 1.00 bits per heavy atom. The summed E-state index contributed by atoms with van der Waals surface area (Å²) in [5.41, 5.74) is 0. The Hall–Kier alpha value is 1.87. The van der Waals surface area contributed by atoms with Crippen LogP contribution in [0.2, 0.25) is 0 Å². The summed E-state index contributed by atoms with van der Waals surface area (Å²) in [4.78, 5) is 0. The molecule has 0 spiro atoms. The van der Waals surface area contributed by atoms with E-state index in [0.717, 1.165) is 12.8 Å². The molecule has 0 aromatic heterocycles. The monoisotopic (exact) mass is 352 g/mol. The molecule has 0 aliphatic carbocycles. The van der Waals surface area contributed by atoms with Crippen molar-refractivity contribution in [3.8, 4) is 0 Å². The van der Waals surface area contributed by atoms with Crippen LogP contribution >= 0.6 is 0 Å². The van der Waals surface area contributed by atoms with Crippen molar-refractivity contribution in [2.45, 2.75) is 83.8 Å². The van der Waals surface area contributed by atoms with Gasteiger partial charge in [0.15, 0.2) is 0 Å². The molecule has 122 valence electrons. The van der Waals surface area contributed by atoms with Gasteiger partial charge in [0, 0.05) is 5.75 Å². The van der Waals surface area contributed by atoms with Gasteiger partial charge >= 0.3 is 59.1 Å². The summed E-state index contributed by atoms with van der Waals surface area (Å²) in [6.07, 6.45) is 10.2. The summed E-state index contributed by atoms with van der Waals surface area (Å²) in [7, 11) is -4.25. The van der Waals surface area contributed by atoms with Gasteiger partial charge < -0.3 is 16.2 Å². The number of ether oxygens (including phenoxy) is 1. The molecule has 0 fully saturated rings. The van der Waals surface area contributed by atoms with Crippen molar-refractivity contribution < 1.29 is 76.8 Å². The van der Waals surface area contributed by atoms with Crippen molar-refractivity contribution in [1.29, 1.82) is 0 Å². The quantitative estimate of drug-likeness (QED) is 0.162. The first kappa shape index (κ1) is 28.7. The van der Waals surface area contributed by atoms with E-state index in [2.05, 4.69) is 13.8 Å². The first-order chi connectivity index (χ1) is 9.35. The van der Waals surface area contributed by atoms with Gasteiger partial charge in [0.2, 0.25) is 0 Å². The fourth-order valence-electron chi connectivity index (χ4n) is 2.23. The number of unbranched alkanes of at least 4 members (excludes halogenated alkanes) is 7. The average molecular weight is 352 g/mol. The molecule has 0 saturated heterocycles. The Bertz CT molecular complexity index is 324. The van der Waals surface area contributed by atoms with E-state index in [1.807, 2.05) is 6.92 Å². The maximum absolute atomic E-state index is 10.6. The molecule has 0 rings (SSSR count). The number of hydrogen-bond donors (Lipinski definition) is 0. The molecule has 0 N–H and O–H groups in total. The summed E-state index contributed by atoms with van der Waals surface area (Å²) >= 11 is 0. The van der Waals surface area contributed by atoms with E-state index >= 15 is 0 Å². The van der Waals surface area contributed by atoms with Crippen molar-refractivity contribution in [1.82, 2.24) is 0 Å². The van der Waals surface area contributed by atoms with Crippen molar-refractivity contribution in [2.75, 3.05) is 5.75 Å². The van der Waals surface area contributed by atoms with E-state index in [4.69, 9.17) is 4.74 Å². The first-order valence-corrected chi connectivity index (χ1v) is 9.35. The molecule has 2 unspecified atom stereocenters. The molecule has 7 heteroatoms. The van der Waals surface area contributed by atoms with Crippen LogP contribution in [0.4, 0.5) is 0 Å². The molecule has 0 aromatic carbocycles. The average Bonchev–Trinajstić information content (AvgIpc) is 2.30. The largest absolute Gasteiger partial charge is 1.00 e. The molecule has 0 aromatic rings. The van der Waals surface area contributed by atoms with Gasteiger partial charge in [0.25, 0.3) is 0 Å². The van der Waals surface area contributed by atoms with Gasteiger partial charge in [0.05, 0.1) is 16.2 Å². The van der Waals surface area contributed by atoms with E-state index in [0.29, 0.717) is 0 Å². The number of hydrogen-bond acceptors (Lipinski definition) is 4. The van der Waals surface area contributed by atoms with E-state index < -0.39 is 22.0 Å². The van der Waals surface area contributed by atoms with Gasteiger partial charge in [-0.05, 0) is 13.3 Å². The second-order valence-electron chi connectivity index (χ2n) is 5.56. The minimum atomic E-state index is -4.25. The zero-order valence-corrected chi connectivity index (χ0v) is 19.8. The molecule has 0 aliphatic heterocycles. The molecule has 0 bridgehead atoms. The van der Waals surface area contributed by atoms with Gasteiger partial charge in [0.1, 0.15) is 0 Å². The summed E-state index contributed by atoms with van der Waals surface area (Å²) in [5, 5.41) is 0. The van der Waals surface area contributed by atoms with Crippen LogP contribution in [0.15, 0.2) is 0 Å². The molecule has 22 heavy (non-hydrogen) atoms. The topological polar surface area (TPSA) is 66.4 Å². The first-order valence-electron chi connectivity index (χ1n) is 7.77.